The van der Waals surface area contributed by atoms with Crippen molar-refractivity contribution in [1.29, 1.82) is 0 Å². The van der Waals surface area contributed by atoms with Crippen LogP contribution in [0.15, 0.2) is 60.7 Å². The van der Waals surface area contributed by atoms with E-state index in [0.29, 0.717) is 37.3 Å². The largest absolute Gasteiger partial charge is 0.397 e. The molecule has 7 fully saturated rings. The van der Waals surface area contributed by atoms with Crippen molar-refractivity contribution in [3.05, 3.63) is 71.8 Å². The third-order valence-corrected chi connectivity index (χ3v) is 18.2. The summed E-state index contributed by atoms with van der Waals surface area (Å²) in [6, 6.07) is 21.5. The van der Waals surface area contributed by atoms with Gasteiger partial charge in [-0.25, -0.2) is 13.9 Å². The zero-order valence-corrected chi connectivity index (χ0v) is 43.9. The van der Waals surface area contributed by atoms with Crippen molar-refractivity contribution < 1.29 is 46.7 Å². The molecule has 0 aliphatic carbocycles. The van der Waals surface area contributed by atoms with Gasteiger partial charge in [0.25, 0.3) is 5.79 Å². The Morgan fingerprint density at radius 3 is 1.22 bits per heavy atom. The maximum atomic E-state index is 7.01. The van der Waals surface area contributed by atoms with Crippen molar-refractivity contribution in [1.82, 2.24) is 0 Å². The van der Waals surface area contributed by atoms with E-state index in [1.165, 1.54) is 165 Å². The van der Waals surface area contributed by atoms with E-state index >= 15 is 0 Å². The fourth-order valence-corrected chi connectivity index (χ4v) is 14.4. The standard InChI is InChI=1S/C56H88O10P2/c1-3-5-7-9-15-27-37-49-51(57-49)39-29-17-11-13-19-31-43-53(44-32-20-14-12-18-30-40-52-50(58-52)38-28-16-10-8-6-4-2)54(45-41-47-33-23-21-24-34-47,46-42-48-35-25-22-26-36-48)59-65-68-64-56(60-66-68)55(53)61-67(62-55)63-56/h21-26,33-36,49-52H,3-20,27-32,37-46H2,1-2H3. The van der Waals surface area contributed by atoms with Crippen LogP contribution in [0.2, 0.25) is 0 Å². The van der Waals surface area contributed by atoms with Crippen LogP contribution < -0.4 is 0 Å². The minimum absolute atomic E-state index is 0.495. The monoisotopic (exact) mass is 983 g/mol. The van der Waals surface area contributed by atoms with Crippen LogP contribution in [0.1, 0.15) is 230 Å². The molecule has 382 valence electrons. The number of ether oxygens (including phenoxy) is 2. The summed E-state index contributed by atoms with van der Waals surface area (Å²) >= 11 is 0. The smallest absolute Gasteiger partial charge is 0.370 e. The lowest BCUT2D eigenvalue weighted by Gasteiger charge is -2.60. The molecule has 9 rings (SSSR count). The molecule has 0 N–H and O–H groups in total. The number of fused-ring (bicyclic) bond motifs is 1. The SMILES string of the molecule is CCCCCCCCC1OC1CCCCCCCCC1(CCCCCCCCC2OC2CCCCCCCC)C(CCc2ccccc2)(CCc2ccccc2)OOP2OOC3(O2)OP2OC31O2. The van der Waals surface area contributed by atoms with Gasteiger partial charge >= 0.3 is 23.2 Å². The maximum absolute atomic E-state index is 7.01. The van der Waals surface area contributed by atoms with E-state index in [1.54, 1.807) is 0 Å². The van der Waals surface area contributed by atoms with E-state index in [0.717, 1.165) is 51.4 Å². The zero-order valence-electron chi connectivity index (χ0n) is 42.1. The van der Waals surface area contributed by atoms with E-state index in [1.807, 2.05) is 0 Å². The number of unbranched alkanes of at least 4 members (excludes halogenated alkanes) is 20. The van der Waals surface area contributed by atoms with Crippen LogP contribution in [0.5, 0.6) is 0 Å². The molecule has 4 bridgehead atoms. The summed E-state index contributed by atoms with van der Waals surface area (Å²) in [5.74, 6) is -3.04. The van der Waals surface area contributed by atoms with Gasteiger partial charge in [0.05, 0.1) is 29.8 Å². The molecule has 2 aromatic rings. The first kappa shape index (κ1) is 53.2. The molecule has 7 aliphatic heterocycles. The van der Waals surface area contributed by atoms with Gasteiger partial charge in [-0.05, 0) is 75.3 Å². The predicted molar refractivity (Wildman–Crippen MR) is 270 cm³/mol. The average molecular weight is 983 g/mol. The second-order valence-corrected chi connectivity index (χ2v) is 23.1. The normalized spacial score (nSPS) is 30.7. The van der Waals surface area contributed by atoms with Gasteiger partial charge in [0, 0.05) is 0 Å². The summed E-state index contributed by atoms with van der Waals surface area (Å²) in [5.41, 5.74) is 0.905. The highest BCUT2D eigenvalue weighted by molar-refractivity contribution is 7.44. The Bertz CT molecular complexity index is 1610. The Labute approximate surface area is 413 Å². The number of epoxide rings is 2. The van der Waals surface area contributed by atoms with Crippen LogP contribution in [-0.4, -0.2) is 41.8 Å². The molecule has 0 radical (unpaired) electrons. The molecule has 0 amide bonds. The summed E-state index contributed by atoms with van der Waals surface area (Å²) in [4.78, 5) is 13.1. The Hall–Kier alpha value is -1.10. The van der Waals surface area contributed by atoms with E-state index in [-0.39, 0.29) is 0 Å². The van der Waals surface area contributed by atoms with Crippen LogP contribution in [0, 0.1) is 5.41 Å². The summed E-state index contributed by atoms with van der Waals surface area (Å²) in [6.07, 6.45) is 41.7. The summed E-state index contributed by atoms with van der Waals surface area (Å²) in [7, 11) is -3.69. The molecule has 2 aromatic carbocycles. The number of aryl methyl sites for hydroxylation is 2. The fourth-order valence-electron chi connectivity index (χ4n) is 12.0. The molecule has 2 spiro atoms. The number of hydrogen-bond donors (Lipinski definition) is 0. The Balaban J connectivity index is 0.906. The molecule has 68 heavy (non-hydrogen) atoms. The average Bonchev–Trinajstić information content (AvgIpc) is 4.17. The van der Waals surface area contributed by atoms with Gasteiger partial charge < -0.3 is 9.47 Å². The second kappa shape index (κ2) is 27.3. The van der Waals surface area contributed by atoms with Gasteiger partial charge in [0.15, 0.2) is 0 Å². The maximum Gasteiger partial charge on any atom is 0.397 e. The first-order valence-corrected chi connectivity index (χ1v) is 30.2. The summed E-state index contributed by atoms with van der Waals surface area (Å²) < 4.78 is 50.8. The van der Waals surface area contributed by atoms with Gasteiger partial charge in [-0.3, -0.25) is 9.05 Å². The zero-order chi connectivity index (χ0) is 46.8. The van der Waals surface area contributed by atoms with Gasteiger partial charge in [-0.1, -0.05) is 229 Å². The van der Waals surface area contributed by atoms with Crippen molar-refractivity contribution in [3.63, 3.8) is 0 Å². The first-order valence-electron chi connectivity index (χ1n) is 28.0. The molecule has 7 heterocycles. The third kappa shape index (κ3) is 13.9. The molecule has 6 unspecified atom stereocenters. The molecule has 6 atom stereocenters. The predicted octanol–water partition coefficient (Wildman–Crippen LogP) is 17.1. The summed E-state index contributed by atoms with van der Waals surface area (Å²) in [6.45, 7) is 4.57. The fraction of sp³-hybridized carbons (Fsp3) is 0.786. The first-order chi connectivity index (χ1) is 33.5. The quantitative estimate of drug-likeness (QED) is 0.0280. The molecule has 0 aromatic heterocycles. The van der Waals surface area contributed by atoms with Gasteiger partial charge in [0.2, 0.25) is 0 Å². The lowest BCUT2D eigenvalue weighted by Crippen LogP contribution is -2.72. The van der Waals surface area contributed by atoms with E-state index in [9.17, 15) is 0 Å². The van der Waals surface area contributed by atoms with E-state index in [4.69, 9.17) is 46.7 Å². The molecule has 7 saturated heterocycles. The third-order valence-electron chi connectivity index (χ3n) is 16.2. The van der Waals surface area contributed by atoms with Crippen molar-refractivity contribution in [2.24, 2.45) is 5.41 Å². The topological polar surface area (TPSA) is 98.9 Å². The van der Waals surface area contributed by atoms with Gasteiger partial charge in [-0.2, -0.15) is 9.56 Å². The summed E-state index contributed by atoms with van der Waals surface area (Å²) in [5, 5.41) is 0. The Morgan fingerprint density at radius 2 is 0.779 bits per heavy atom. The molecule has 12 heteroatoms. The van der Waals surface area contributed by atoms with Gasteiger partial charge in [-0.15, -0.1) is 4.67 Å². The minimum Gasteiger partial charge on any atom is -0.370 e. The lowest BCUT2D eigenvalue weighted by atomic mass is 9.56. The molecular weight excluding hydrogens is 895 g/mol. The lowest BCUT2D eigenvalue weighted by molar-refractivity contribution is -0.482. The highest BCUT2D eigenvalue weighted by Gasteiger charge is 2.90. The van der Waals surface area contributed by atoms with Crippen LogP contribution in [0.4, 0.5) is 0 Å². The van der Waals surface area contributed by atoms with Crippen molar-refractivity contribution in [3.8, 4) is 0 Å². The molecular formula is C56H88O10P2. The van der Waals surface area contributed by atoms with Crippen molar-refractivity contribution >= 4 is 17.2 Å². The Morgan fingerprint density at radius 1 is 0.397 bits per heavy atom. The molecule has 7 aliphatic rings. The number of benzene rings is 2. The highest BCUT2D eigenvalue weighted by atomic mass is 31.2. The van der Waals surface area contributed by atoms with E-state index in [2.05, 4.69) is 74.5 Å². The van der Waals surface area contributed by atoms with Crippen molar-refractivity contribution in [2.45, 2.75) is 274 Å². The van der Waals surface area contributed by atoms with Crippen LogP contribution >= 0.6 is 17.2 Å². The second-order valence-electron chi connectivity index (χ2n) is 21.2. The van der Waals surface area contributed by atoms with Crippen LogP contribution in [-0.2, 0) is 59.5 Å². The van der Waals surface area contributed by atoms with Crippen molar-refractivity contribution in [2.75, 3.05) is 0 Å². The van der Waals surface area contributed by atoms with Gasteiger partial charge in [0.1, 0.15) is 5.60 Å². The van der Waals surface area contributed by atoms with E-state index < -0.39 is 40.0 Å². The van der Waals surface area contributed by atoms with Crippen LogP contribution in [0.25, 0.3) is 0 Å². The Kier molecular flexibility index (Phi) is 21.3. The van der Waals surface area contributed by atoms with Crippen LogP contribution in [0.3, 0.4) is 0 Å². The molecule has 0 saturated carbocycles. The minimum atomic E-state index is -2.02. The highest BCUT2D eigenvalue weighted by Crippen LogP contribution is 2.84. The number of rotatable bonds is 38. The molecule has 10 nitrogen and oxygen atoms in total. The number of hydrogen-bond acceptors (Lipinski definition) is 10.